The number of sulfone groups is 1. The maximum Gasteiger partial charge on any atom is 0.179 e. The predicted molar refractivity (Wildman–Crippen MR) is 97.5 cm³/mol. The van der Waals surface area contributed by atoms with Gasteiger partial charge in [-0.3, -0.25) is 0 Å². The summed E-state index contributed by atoms with van der Waals surface area (Å²) < 4.78 is 25.8. The standard InChI is InChI=1S/C20H24O4S/c1-2-3-7-15-13-25(23,24)18-12-16(21)10-11-17(18)19(20(15)22)14-8-5-4-6-9-14/h4-6,8-12,15,19-22H,2-3,7,13H2,1H3/t15-,19+,20-/m0/s1. The first kappa shape index (κ1) is 18.0. The zero-order valence-corrected chi connectivity index (χ0v) is 15.1. The number of phenolic OH excluding ortho intramolecular Hbond substituents is 1. The zero-order valence-electron chi connectivity index (χ0n) is 14.3. The second-order valence-electron chi connectivity index (χ2n) is 6.78. The quantitative estimate of drug-likeness (QED) is 0.875. The zero-order chi connectivity index (χ0) is 18.0. The van der Waals surface area contributed by atoms with Crippen LogP contribution in [-0.4, -0.2) is 30.5 Å². The van der Waals surface area contributed by atoms with E-state index >= 15 is 0 Å². The van der Waals surface area contributed by atoms with Gasteiger partial charge in [-0.25, -0.2) is 8.42 Å². The van der Waals surface area contributed by atoms with E-state index in [2.05, 4.69) is 6.92 Å². The lowest BCUT2D eigenvalue weighted by molar-refractivity contribution is 0.0967. The summed E-state index contributed by atoms with van der Waals surface area (Å²) in [6.45, 7) is 2.05. The Kier molecular flexibility index (Phi) is 5.16. The van der Waals surface area contributed by atoms with E-state index in [9.17, 15) is 18.6 Å². The molecule has 0 unspecified atom stereocenters. The molecule has 0 amide bonds. The Morgan fingerprint density at radius 3 is 2.52 bits per heavy atom. The molecule has 0 radical (unpaired) electrons. The summed E-state index contributed by atoms with van der Waals surface area (Å²) in [5.41, 5.74) is 1.45. The molecular formula is C20H24O4S. The average Bonchev–Trinajstić information content (AvgIpc) is 2.67. The molecule has 0 saturated heterocycles. The minimum Gasteiger partial charge on any atom is -0.508 e. The van der Waals surface area contributed by atoms with Crippen molar-refractivity contribution in [3.05, 3.63) is 59.7 Å². The number of benzene rings is 2. The SMILES string of the molecule is CCCC[C@H]1CS(=O)(=O)c2cc(O)ccc2[C@@H](c2ccccc2)[C@H]1O. The third-order valence-electron chi connectivity index (χ3n) is 5.01. The van der Waals surface area contributed by atoms with Gasteiger partial charge in [-0.15, -0.1) is 0 Å². The number of unbranched alkanes of at least 4 members (excludes halogenated alkanes) is 1. The van der Waals surface area contributed by atoms with Crippen molar-refractivity contribution >= 4 is 9.84 Å². The number of hydrogen-bond donors (Lipinski definition) is 2. The number of hydrogen-bond acceptors (Lipinski definition) is 4. The summed E-state index contributed by atoms with van der Waals surface area (Å²) in [5.74, 6) is -0.912. The third kappa shape index (κ3) is 3.58. The number of phenols is 1. The highest BCUT2D eigenvalue weighted by Crippen LogP contribution is 2.41. The minimum absolute atomic E-state index is 0.0735. The maximum atomic E-state index is 12.9. The van der Waals surface area contributed by atoms with E-state index in [1.165, 1.54) is 12.1 Å². The predicted octanol–water partition coefficient (Wildman–Crippen LogP) is 3.48. The van der Waals surface area contributed by atoms with Crippen LogP contribution in [0.4, 0.5) is 0 Å². The van der Waals surface area contributed by atoms with E-state index in [-0.39, 0.29) is 22.3 Å². The summed E-state index contributed by atoms with van der Waals surface area (Å²) in [6, 6.07) is 13.9. The van der Waals surface area contributed by atoms with Gasteiger partial charge in [-0.05, 0) is 29.7 Å². The molecule has 1 aliphatic rings. The molecule has 25 heavy (non-hydrogen) atoms. The Balaban J connectivity index is 2.18. The largest absolute Gasteiger partial charge is 0.508 e. The first-order valence-electron chi connectivity index (χ1n) is 8.72. The highest BCUT2D eigenvalue weighted by atomic mass is 32.2. The molecule has 3 atom stereocenters. The van der Waals surface area contributed by atoms with E-state index in [0.717, 1.165) is 18.4 Å². The Morgan fingerprint density at radius 2 is 1.84 bits per heavy atom. The number of aliphatic hydroxyl groups is 1. The van der Waals surface area contributed by atoms with E-state index < -0.39 is 21.9 Å². The van der Waals surface area contributed by atoms with Crippen LogP contribution in [0.2, 0.25) is 0 Å². The average molecular weight is 360 g/mol. The molecule has 134 valence electrons. The van der Waals surface area contributed by atoms with Crippen molar-refractivity contribution in [1.29, 1.82) is 0 Å². The van der Waals surface area contributed by atoms with Gasteiger partial charge < -0.3 is 10.2 Å². The molecule has 1 heterocycles. The topological polar surface area (TPSA) is 74.6 Å². The van der Waals surface area contributed by atoms with Gasteiger partial charge in [0.2, 0.25) is 0 Å². The Bertz CT molecular complexity index is 830. The van der Waals surface area contributed by atoms with Crippen LogP contribution in [-0.2, 0) is 9.84 Å². The van der Waals surface area contributed by atoms with Crippen molar-refractivity contribution in [2.75, 3.05) is 5.75 Å². The van der Waals surface area contributed by atoms with E-state index in [1.54, 1.807) is 6.07 Å². The van der Waals surface area contributed by atoms with Crippen LogP contribution in [0.5, 0.6) is 5.75 Å². The van der Waals surface area contributed by atoms with Crippen LogP contribution in [0.15, 0.2) is 53.4 Å². The molecule has 2 N–H and O–H groups in total. The van der Waals surface area contributed by atoms with Crippen molar-refractivity contribution in [2.24, 2.45) is 5.92 Å². The minimum atomic E-state index is -3.57. The molecule has 3 rings (SSSR count). The lowest BCUT2D eigenvalue weighted by Gasteiger charge is -2.28. The van der Waals surface area contributed by atoms with E-state index in [1.807, 2.05) is 30.3 Å². The van der Waals surface area contributed by atoms with Crippen molar-refractivity contribution in [3.8, 4) is 5.75 Å². The second kappa shape index (κ2) is 7.18. The van der Waals surface area contributed by atoms with Crippen LogP contribution < -0.4 is 0 Å². The molecule has 0 aliphatic carbocycles. The molecular weight excluding hydrogens is 336 g/mol. The van der Waals surface area contributed by atoms with Crippen molar-refractivity contribution in [2.45, 2.75) is 43.1 Å². The van der Waals surface area contributed by atoms with Crippen LogP contribution in [0.25, 0.3) is 0 Å². The van der Waals surface area contributed by atoms with Crippen molar-refractivity contribution in [3.63, 3.8) is 0 Å². The molecule has 1 aliphatic heterocycles. The van der Waals surface area contributed by atoms with E-state index in [0.29, 0.717) is 12.0 Å². The molecule has 0 saturated carbocycles. The maximum absolute atomic E-state index is 12.9. The Labute approximate surface area is 149 Å². The van der Waals surface area contributed by atoms with Gasteiger partial charge in [-0.2, -0.15) is 0 Å². The lowest BCUT2D eigenvalue weighted by Crippen LogP contribution is -2.30. The van der Waals surface area contributed by atoms with Crippen LogP contribution in [0, 0.1) is 5.92 Å². The first-order valence-corrected chi connectivity index (χ1v) is 10.4. The van der Waals surface area contributed by atoms with Crippen LogP contribution in [0.1, 0.15) is 43.2 Å². The summed E-state index contributed by atoms with van der Waals surface area (Å²) in [6.07, 6.45) is 1.71. The normalized spacial score (nSPS) is 25.1. The first-order chi connectivity index (χ1) is 11.9. The summed E-state index contributed by atoms with van der Waals surface area (Å²) in [4.78, 5) is 0.138. The Hall–Kier alpha value is -1.85. The fraction of sp³-hybridized carbons (Fsp3) is 0.400. The van der Waals surface area contributed by atoms with Gasteiger partial charge >= 0.3 is 0 Å². The van der Waals surface area contributed by atoms with Crippen LogP contribution >= 0.6 is 0 Å². The van der Waals surface area contributed by atoms with Gasteiger partial charge in [0.25, 0.3) is 0 Å². The van der Waals surface area contributed by atoms with Gasteiger partial charge in [0.15, 0.2) is 9.84 Å². The highest BCUT2D eigenvalue weighted by Gasteiger charge is 2.40. The van der Waals surface area contributed by atoms with E-state index in [4.69, 9.17) is 0 Å². The highest BCUT2D eigenvalue weighted by molar-refractivity contribution is 7.91. The fourth-order valence-electron chi connectivity index (χ4n) is 3.73. The van der Waals surface area contributed by atoms with Gasteiger partial charge in [0, 0.05) is 11.8 Å². The van der Waals surface area contributed by atoms with Gasteiger partial charge in [-0.1, -0.05) is 56.2 Å². The monoisotopic (exact) mass is 360 g/mol. The number of aromatic hydroxyl groups is 1. The molecule has 0 aromatic heterocycles. The second-order valence-corrected chi connectivity index (χ2v) is 8.79. The lowest BCUT2D eigenvalue weighted by atomic mass is 9.80. The fourth-order valence-corrected chi connectivity index (χ4v) is 5.69. The number of rotatable bonds is 4. The Morgan fingerprint density at radius 1 is 1.12 bits per heavy atom. The van der Waals surface area contributed by atoms with Gasteiger partial charge in [0.05, 0.1) is 16.8 Å². The molecule has 2 aromatic rings. The summed E-state index contributed by atoms with van der Waals surface area (Å²) >= 11 is 0. The third-order valence-corrected chi connectivity index (χ3v) is 6.90. The van der Waals surface area contributed by atoms with Gasteiger partial charge in [0.1, 0.15) is 5.75 Å². The van der Waals surface area contributed by atoms with Crippen molar-refractivity contribution in [1.82, 2.24) is 0 Å². The molecule has 0 spiro atoms. The molecule has 0 fully saturated rings. The molecule has 4 nitrogen and oxygen atoms in total. The molecule has 0 bridgehead atoms. The number of fused-ring (bicyclic) bond motifs is 1. The number of aliphatic hydroxyl groups excluding tert-OH is 1. The molecule has 5 heteroatoms. The van der Waals surface area contributed by atoms with Crippen molar-refractivity contribution < 1.29 is 18.6 Å². The summed E-state index contributed by atoms with van der Waals surface area (Å²) in [5, 5.41) is 20.9. The molecule has 2 aromatic carbocycles. The smallest absolute Gasteiger partial charge is 0.179 e. The summed E-state index contributed by atoms with van der Waals surface area (Å²) in [7, 11) is -3.57. The van der Waals surface area contributed by atoms with Crippen LogP contribution in [0.3, 0.4) is 0 Å².